The molecule has 0 saturated carbocycles. The SMILES string of the molecule is C=C(C)/C(Cl)=C\CC. The smallest absolute Gasteiger partial charge is 0.0389 e. The summed E-state index contributed by atoms with van der Waals surface area (Å²) in [5, 5.41) is 0.785. The van der Waals surface area contributed by atoms with Crippen LogP contribution < -0.4 is 0 Å². The van der Waals surface area contributed by atoms with Crippen LogP contribution in [0.3, 0.4) is 0 Å². The minimum Gasteiger partial charge on any atom is -0.0946 e. The Morgan fingerprint density at radius 1 is 1.75 bits per heavy atom. The number of hydrogen-bond donors (Lipinski definition) is 0. The van der Waals surface area contributed by atoms with E-state index in [2.05, 4.69) is 6.58 Å². The van der Waals surface area contributed by atoms with Crippen LogP contribution in [-0.4, -0.2) is 0 Å². The van der Waals surface area contributed by atoms with Crippen molar-refractivity contribution in [2.45, 2.75) is 20.3 Å². The van der Waals surface area contributed by atoms with Crippen LogP contribution in [0.1, 0.15) is 20.3 Å². The van der Waals surface area contributed by atoms with Gasteiger partial charge in [0.05, 0.1) is 0 Å². The maximum Gasteiger partial charge on any atom is 0.0389 e. The van der Waals surface area contributed by atoms with E-state index in [0.717, 1.165) is 17.0 Å². The maximum absolute atomic E-state index is 5.68. The molecule has 0 heterocycles. The molecule has 0 aliphatic heterocycles. The number of rotatable bonds is 2. The third-order valence-electron chi connectivity index (χ3n) is 0.791. The second-order valence-electron chi connectivity index (χ2n) is 1.74. The lowest BCUT2D eigenvalue weighted by Gasteiger charge is -1.91. The summed E-state index contributed by atoms with van der Waals surface area (Å²) >= 11 is 5.68. The second kappa shape index (κ2) is 3.73. The van der Waals surface area contributed by atoms with E-state index in [1.54, 1.807) is 0 Å². The van der Waals surface area contributed by atoms with Crippen molar-refractivity contribution >= 4 is 11.6 Å². The van der Waals surface area contributed by atoms with Crippen LogP contribution in [0.2, 0.25) is 0 Å². The van der Waals surface area contributed by atoms with Crippen molar-refractivity contribution < 1.29 is 0 Å². The van der Waals surface area contributed by atoms with Crippen LogP contribution in [0.4, 0.5) is 0 Å². The lowest BCUT2D eigenvalue weighted by molar-refractivity contribution is 1.21. The molecule has 0 radical (unpaired) electrons. The van der Waals surface area contributed by atoms with E-state index in [1.165, 1.54) is 0 Å². The summed E-state index contributed by atoms with van der Waals surface area (Å²) in [5.74, 6) is 0. The first-order chi connectivity index (χ1) is 3.68. The molecule has 0 N–H and O–H groups in total. The summed E-state index contributed by atoms with van der Waals surface area (Å²) in [6.45, 7) is 7.62. The molecule has 0 amide bonds. The highest BCUT2D eigenvalue weighted by Gasteiger charge is 1.87. The van der Waals surface area contributed by atoms with Gasteiger partial charge in [-0.1, -0.05) is 31.2 Å². The Morgan fingerprint density at radius 2 is 2.25 bits per heavy atom. The molecule has 0 aliphatic rings. The molecule has 0 bridgehead atoms. The Bertz CT molecular complexity index is 112. The molecular formula is C7H11Cl. The van der Waals surface area contributed by atoms with E-state index in [4.69, 9.17) is 11.6 Å². The zero-order chi connectivity index (χ0) is 6.57. The minimum absolute atomic E-state index is 0.785. The molecule has 0 rings (SSSR count). The second-order valence-corrected chi connectivity index (χ2v) is 2.15. The van der Waals surface area contributed by atoms with Gasteiger partial charge in [0.1, 0.15) is 0 Å². The summed E-state index contributed by atoms with van der Waals surface area (Å²) in [6, 6.07) is 0. The molecular weight excluding hydrogens is 120 g/mol. The Morgan fingerprint density at radius 3 is 2.38 bits per heavy atom. The minimum atomic E-state index is 0.785. The fourth-order valence-corrected chi connectivity index (χ4v) is 0.508. The summed E-state index contributed by atoms with van der Waals surface area (Å²) in [6.07, 6.45) is 2.93. The average molecular weight is 131 g/mol. The normalized spacial score (nSPS) is 11.6. The Kier molecular flexibility index (Phi) is 3.63. The molecule has 46 valence electrons. The van der Waals surface area contributed by atoms with E-state index < -0.39 is 0 Å². The van der Waals surface area contributed by atoms with E-state index in [1.807, 2.05) is 19.9 Å². The molecule has 0 aliphatic carbocycles. The quantitative estimate of drug-likeness (QED) is 0.504. The summed E-state index contributed by atoms with van der Waals surface area (Å²) in [5.41, 5.74) is 0.938. The maximum atomic E-state index is 5.68. The Hall–Kier alpha value is -0.230. The summed E-state index contributed by atoms with van der Waals surface area (Å²) in [7, 11) is 0. The van der Waals surface area contributed by atoms with E-state index in [9.17, 15) is 0 Å². The molecule has 8 heavy (non-hydrogen) atoms. The van der Waals surface area contributed by atoms with E-state index in [-0.39, 0.29) is 0 Å². The molecule has 0 nitrogen and oxygen atoms in total. The Balaban J connectivity index is 3.80. The number of allylic oxidation sites excluding steroid dienone is 3. The molecule has 0 spiro atoms. The Labute approximate surface area is 55.9 Å². The zero-order valence-electron chi connectivity index (χ0n) is 5.37. The van der Waals surface area contributed by atoms with Crippen LogP contribution >= 0.6 is 11.6 Å². The lowest BCUT2D eigenvalue weighted by Crippen LogP contribution is -1.69. The third-order valence-corrected chi connectivity index (χ3v) is 1.27. The first-order valence-electron chi connectivity index (χ1n) is 2.70. The van der Waals surface area contributed by atoms with Crippen LogP contribution in [0.25, 0.3) is 0 Å². The molecule has 0 saturated heterocycles. The van der Waals surface area contributed by atoms with Crippen molar-refractivity contribution in [3.05, 3.63) is 23.3 Å². The molecule has 0 atom stereocenters. The van der Waals surface area contributed by atoms with Crippen LogP contribution in [0, 0.1) is 0 Å². The van der Waals surface area contributed by atoms with Gasteiger partial charge in [-0.3, -0.25) is 0 Å². The predicted molar refractivity (Wildman–Crippen MR) is 39.0 cm³/mol. The molecule has 0 aromatic carbocycles. The predicted octanol–water partition coefficient (Wildman–Crippen LogP) is 3.10. The zero-order valence-corrected chi connectivity index (χ0v) is 6.13. The van der Waals surface area contributed by atoms with Crippen molar-refractivity contribution in [2.75, 3.05) is 0 Å². The standard InChI is InChI=1S/C7H11Cl/c1-4-5-7(8)6(2)3/h5H,2,4H2,1,3H3/b7-5+. The number of hydrogen-bond acceptors (Lipinski definition) is 0. The van der Waals surface area contributed by atoms with Gasteiger partial charge in [0, 0.05) is 5.03 Å². The highest BCUT2D eigenvalue weighted by atomic mass is 35.5. The van der Waals surface area contributed by atoms with Crippen molar-refractivity contribution in [3.63, 3.8) is 0 Å². The van der Waals surface area contributed by atoms with Crippen molar-refractivity contribution in [1.29, 1.82) is 0 Å². The van der Waals surface area contributed by atoms with Gasteiger partial charge in [-0.25, -0.2) is 0 Å². The monoisotopic (exact) mass is 130 g/mol. The lowest BCUT2D eigenvalue weighted by atomic mass is 10.3. The van der Waals surface area contributed by atoms with Crippen molar-refractivity contribution in [1.82, 2.24) is 0 Å². The van der Waals surface area contributed by atoms with Gasteiger partial charge in [-0.15, -0.1) is 0 Å². The highest BCUT2D eigenvalue weighted by Crippen LogP contribution is 2.11. The van der Waals surface area contributed by atoms with E-state index >= 15 is 0 Å². The van der Waals surface area contributed by atoms with Gasteiger partial charge in [-0.05, 0) is 18.9 Å². The van der Waals surface area contributed by atoms with Gasteiger partial charge in [0.15, 0.2) is 0 Å². The molecule has 0 aromatic rings. The molecule has 0 fully saturated rings. The van der Waals surface area contributed by atoms with Crippen LogP contribution in [0.5, 0.6) is 0 Å². The average Bonchev–Trinajstić information content (AvgIpc) is 1.67. The first kappa shape index (κ1) is 7.77. The van der Waals surface area contributed by atoms with E-state index in [0.29, 0.717) is 0 Å². The molecule has 1 heteroatoms. The van der Waals surface area contributed by atoms with Crippen molar-refractivity contribution in [3.8, 4) is 0 Å². The van der Waals surface area contributed by atoms with Crippen LogP contribution in [0.15, 0.2) is 23.3 Å². The topological polar surface area (TPSA) is 0 Å². The third kappa shape index (κ3) is 2.86. The van der Waals surface area contributed by atoms with Gasteiger partial charge in [0.25, 0.3) is 0 Å². The van der Waals surface area contributed by atoms with Gasteiger partial charge in [-0.2, -0.15) is 0 Å². The summed E-state index contributed by atoms with van der Waals surface area (Å²) < 4.78 is 0. The highest BCUT2D eigenvalue weighted by molar-refractivity contribution is 6.31. The van der Waals surface area contributed by atoms with Crippen LogP contribution in [-0.2, 0) is 0 Å². The fourth-order valence-electron chi connectivity index (χ4n) is 0.353. The summed E-state index contributed by atoms with van der Waals surface area (Å²) in [4.78, 5) is 0. The molecule has 0 aromatic heterocycles. The van der Waals surface area contributed by atoms with Gasteiger partial charge >= 0.3 is 0 Å². The largest absolute Gasteiger partial charge is 0.0946 e. The first-order valence-corrected chi connectivity index (χ1v) is 3.07. The number of halogens is 1. The molecule has 0 unspecified atom stereocenters. The van der Waals surface area contributed by atoms with Gasteiger partial charge in [0.2, 0.25) is 0 Å². The fraction of sp³-hybridized carbons (Fsp3) is 0.429. The van der Waals surface area contributed by atoms with Gasteiger partial charge < -0.3 is 0 Å². The van der Waals surface area contributed by atoms with Crippen molar-refractivity contribution in [2.24, 2.45) is 0 Å².